The van der Waals surface area contributed by atoms with Crippen LogP contribution in [0.5, 0.6) is 0 Å². The predicted octanol–water partition coefficient (Wildman–Crippen LogP) is 4.47. The van der Waals surface area contributed by atoms with Crippen molar-refractivity contribution in [3.63, 3.8) is 0 Å². The van der Waals surface area contributed by atoms with Gasteiger partial charge in [0.15, 0.2) is 0 Å². The van der Waals surface area contributed by atoms with Crippen LogP contribution in [-0.2, 0) is 25.9 Å². The van der Waals surface area contributed by atoms with E-state index in [9.17, 15) is 36.0 Å². The summed E-state index contributed by atoms with van der Waals surface area (Å²) in [5, 5.41) is 2.49. The van der Waals surface area contributed by atoms with Gasteiger partial charge in [0.2, 0.25) is 0 Å². The van der Waals surface area contributed by atoms with E-state index in [1.54, 1.807) is 6.07 Å². The minimum absolute atomic E-state index is 0.0588. The number of pyridine rings is 1. The number of rotatable bonds is 8. The van der Waals surface area contributed by atoms with Crippen molar-refractivity contribution in [1.29, 1.82) is 0 Å². The Labute approximate surface area is 211 Å². The molecule has 0 aliphatic carbocycles. The number of nitrogens with one attached hydrogen (secondary N) is 1. The lowest BCUT2D eigenvalue weighted by molar-refractivity contribution is -0.123. The van der Waals surface area contributed by atoms with Gasteiger partial charge in [-0.3, -0.25) is 10.1 Å². The molecule has 1 saturated heterocycles. The van der Waals surface area contributed by atoms with Gasteiger partial charge in [0.1, 0.15) is 11.4 Å². The summed E-state index contributed by atoms with van der Waals surface area (Å²) < 4.78 is 66.7. The number of nitrogens with zero attached hydrogens (tertiary/aromatic N) is 3. The van der Waals surface area contributed by atoms with Gasteiger partial charge >= 0.3 is 17.6 Å². The number of sulfone groups is 1. The normalized spacial score (nSPS) is 15.7. The molecule has 10 nitrogen and oxygen atoms in total. The zero-order valence-corrected chi connectivity index (χ0v) is 21.0. The number of halogens is 3. The highest BCUT2D eigenvalue weighted by Crippen LogP contribution is 2.35. The zero-order chi connectivity index (χ0) is 27.6. The molecule has 0 saturated carbocycles. The summed E-state index contributed by atoms with van der Waals surface area (Å²) in [6.45, 7) is 5.14. The first-order valence-electron chi connectivity index (χ1n) is 11.2. The number of amides is 4. The summed E-state index contributed by atoms with van der Waals surface area (Å²) in [5.74, 6) is -0.482. The van der Waals surface area contributed by atoms with Gasteiger partial charge in [-0.05, 0) is 62.2 Å². The van der Waals surface area contributed by atoms with Crippen molar-refractivity contribution in [3.8, 4) is 0 Å². The summed E-state index contributed by atoms with van der Waals surface area (Å²) in [7, 11) is -5.58. The molecule has 0 spiro atoms. The number of carbonyl (C=O) groups excluding carboxylic acids is 3. The van der Waals surface area contributed by atoms with Crippen molar-refractivity contribution in [2.75, 3.05) is 16.8 Å². The molecule has 4 amide bonds. The van der Waals surface area contributed by atoms with E-state index in [1.807, 2.05) is 6.92 Å². The van der Waals surface area contributed by atoms with Crippen LogP contribution < -0.4 is 10.2 Å². The summed E-state index contributed by atoms with van der Waals surface area (Å²) in [6.07, 6.45) is 2.28. The molecule has 1 fully saturated rings. The lowest BCUT2D eigenvalue weighted by Gasteiger charge is -2.27. The van der Waals surface area contributed by atoms with Crippen molar-refractivity contribution in [2.45, 2.75) is 56.1 Å². The van der Waals surface area contributed by atoms with Gasteiger partial charge in [0.25, 0.3) is 15.7 Å². The molecule has 1 aromatic heterocycles. The van der Waals surface area contributed by atoms with Gasteiger partial charge in [0, 0.05) is 12.7 Å². The average Bonchev–Trinajstić information content (AvgIpc) is 2.98. The summed E-state index contributed by atoms with van der Waals surface area (Å²) in [4.78, 5) is 43.2. The van der Waals surface area contributed by atoms with Crippen LogP contribution in [0.25, 0.3) is 0 Å². The number of benzene rings is 1. The Hall–Kier alpha value is -3.68. The van der Waals surface area contributed by atoms with Gasteiger partial charge in [-0.1, -0.05) is 13.3 Å². The van der Waals surface area contributed by atoms with Crippen LogP contribution in [0.2, 0.25) is 0 Å². The van der Waals surface area contributed by atoms with Gasteiger partial charge in [-0.2, -0.15) is 13.2 Å². The third-order valence-electron chi connectivity index (χ3n) is 5.66. The monoisotopic (exact) mass is 542 g/mol. The van der Waals surface area contributed by atoms with Crippen molar-refractivity contribution in [3.05, 3.63) is 48.2 Å². The molecule has 37 heavy (non-hydrogen) atoms. The molecule has 14 heteroatoms. The Bertz CT molecular complexity index is 1300. The molecule has 0 bridgehead atoms. The number of anilines is 2. The summed E-state index contributed by atoms with van der Waals surface area (Å²) >= 11 is 0. The lowest BCUT2D eigenvalue weighted by atomic mass is 10.0. The van der Waals surface area contributed by atoms with E-state index < -0.39 is 43.8 Å². The van der Waals surface area contributed by atoms with Crippen LogP contribution in [0, 0.1) is 0 Å². The third kappa shape index (κ3) is 5.68. The number of hydrogen-bond donors (Lipinski definition) is 1. The fraction of sp³-hybridized carbons (Fsp3) is 0.391. The largest absolute Gasteiger partial charge is 0.501 e. The number of imide groups is 1. The van der Waals surface area contributed by atoms with Crippen molar-refractivity contribution < 1.29 is 40.7 Å². The van der Waals surface area contributed by atoms with Crippen LogP contribution in [0.15, 0.2) is 47.5 Å². The van der Waals surface area contributed by atoms with Crippen molar-refractivity contribution in [2.24, 2.45) is 0 Å². The number of hydrogen-bond acceptors (Lipinski definition) is 7. The quantitative estimate of drug-likeness (QED) is 0.385. The van der Waals surface area contributed by atoms with Gasteiger partial charge in [-0.25, -0.2) is 27.9 Å². The molecule has 1 aromatic carbocycles. The lowest BCUT2D eigenvalue weighted by Crippen LogP contribution is -2.43. The second-order valence-electron chi connectivity index (χ2n) is 8.68. The number of carbonyl (C=O) groups is 3. The van der Waals surface area contributed by atoms with Crippen LogP contribution in [-0.4, -0.2) is 54.0 Å². The number of unbranched alkanes of at least 4 members (excludes halogenated alkanes) is 1. The second-order valence-corrected chi connectivity index (χ2v) is 10.6. The fourth-order valence-corrected chi connectivity index (χ4v) is 4.27. The van der Waals surface area contributed by atoms with E-state index in [-0.39, 0.29) is 24.7 Å². The highest BCUT2D eigenvalue weighted by molar-refractivity contribution is 7.92. The van der Waals surface area contributed by atoms with Crippen LogP contribution in [0.4, 0.5) is 34.3 Å². The third-order valence-corrected chi connectivity index (χ3v) is 7.16. The molecule has 1 aliphatic heterocycles. The Kier molecular flexibility index (Phi) is 7.81. The topological polar surface area (TPSA) is 126 Å². The Morgan fingerprint density at radius 3 is 2.38 bits per heavy atom. The zero-order valence-electron chi connectivity index (χ0n) is 20.2. The molecule has 0 atom stereocenters. The highest BCUT2D eigenvalue weighted by atomic mass is 32.2. The molecule has 1 aliphatic rings. The van der Waals surface area contributed by atoms with E-state index in [1.165, 1.54) is 31.0 Å². The number of ether oxygens (including phenoxy) is 1. The number of urea groups is 1. The summed E-state index contributed by atoms with van der Waals surface area (Å²) in [5.41, 5.74) is -6.39. The molecule has 3 rings (SSSR count). The SMILES string of the molecule is CCCCOC(=O)Nc1cc(CN2C(=O)N(c3ccc(S(=O)(=O)C(F)(F)F)cc3)C(=O)C2(C)C)ccn1. The Morgan fingerprint density at radius 1 is 1.14 bits per heavy atom. The van der Waals surface area contributed by atoms with Crippen molar-refractivity contribution in [1.82, 2.24) is 9.88 Å². The molecule has 2 aromatic rings. The van der Waals surface area contributed by atoms with Crippen LogP contribution in [0.1, 0.15) is 39.2 Å². The Balaban J connectivity index is 1.80. The second kappa shape index (κ2) is 10.4. The van der Waals surface area contributed by atoms with Gasteiger partial charge in [0.05, 0.1) is 17.2 Å². The molecule has 200 valence electrons. The van der Waals surface area contributed by atoms with E-state index in [0.717, 1.165) is 23.5 Å². The fourth-order valence-electron chi connectivity index (χ4n) is 3.51. The van der Waals surface area contributed by atoms with E-state index in [4.69, 9.17) is 4.74 Å². The smallest absolute Gasteiger partial charge is 0.449 e. The number of aromatic nitrogens is 1. The highest BCUT2D eigenvalue weighted by Gasteiger charge is 2.52. The van der Waals surface area contributed by atoms with Gasteiger partial charge in [-0.15, -0.1) is 0 Å². The minimum Gasteiger partial charge on any atom is -0.449 e. The van der Waals surface area contributed by atoms with Crippen LogP contribution in [0.3, 0.4) is 0 Å². The predicted molar refractivity (Wildman–Crippen MR) is 126 cm³/mol. The summed E-state index contributed by atoms with van der Waals surface area (Å²) in [6, 6.07) is 5.64. The van der Waals surface area contributed by atoms with Gasteiger partial charge < -0.3 is 9.64 Å². The van der Waals surface area contributed by atoms with Crippen LogP contribution >= 0.6 is 0 Å². The van der Waals surface area contributed by atoms with E-state index in [2.05, 4.69) is 10.3 Å². The first-order valence-corrected chi connectivity index (χ1v) is 12.6. The van der Waals surface area contributed by atoms with Crippen molar-refractivity contribution >= 4 is 39.4 Å². The standard InChI is InChI=1S/C23H25F3N4O6S/c1-4-5-12-36-20(32)28-18-13-15(10-11-27-18)14-29-21(33)30(19(31)22(29,2)3)16-6-8-17(9-7-16)37(34,35)23(24,25)26/h6-11,13H,4-5,12,14H2,1-3H3,(H,27,28,32). The molecular weight excluding hydrogens is 517 g/mol. The maximum Gasteiger partial charge on any atom is 0.501 e. The molecule has 1 N–H and O–H groups in total. The Morgan fingerprint density at radius 2 is 1.78 bits per heavy atom. The van der Waals surface area contributed by atoms with E-state index in [0.29, 0.717) is 24.1 Å². The average molecular weight is 543 g/mol. The first kappa shape index (κ1) is 27.9. The molecule has 0 unspecified atom stereocenters. The minimum atomic E-state index is -5.58. The molecule has 0 radical (unpaired) electrons. The van der Waals surface area contributed by atoms with E-state index >= 15 is 0 Å². The number of alkyl halides is 3. The first-order chi connectivity index (χ1) is 17.2. The maximum atomic E-state index is 13.2. The molecular formula is C23H25F3N4O6S. The maximum absolute atomic E-state index is 13.2. The molecule has 2 heterocycles.